The van der Waals surface area contributed by atoms with Gasteiger partial charge in [-0.05, 0) is 46.0 Å². The van der Waals surface area contributed by atoms with E-state index in [-0.39, 0.29) is 6.03 Å². The maximum absolute atomic E-state index is 12.7. The maximum atomic E-state index is 12.7. The van der Waals surface area contributed by atoms with Crippen LogP contribution in [-0.4, -0.2) is 53.6 Å². The highest BCUT2D eigenvalue weighted by Gasteiger charge is 2.37. The van der Waals surface area contributed by atoms with Crippen LogP contribution in [0.5, 0.6) is 0 Å². The van der Waals surface area contributed by atoms with Gasteiger partial charge in [-0.1, -0.05) is 6.92 Å². The number of urea groups is 1. The number of rotatable bonds is 5. The van der Waals surface area contributed by atoms with Gasteiger partial charge in [0.15, 0.2) is 0 Å². The third-order valence-corrected chi connectivity index (χ3v) is 4.63. The van der Waals surface area contributed by atoms with Crippen molar-refractivity contribution in [2.75, 3.05) is 19.6 Å². The summed E-state index contributed by atoms with van der Waals surface area (Å²) >= 11 is 0. The first-order valence-corrected chi connectivity index (χ1v) is 8.01. The van der Waals surface area contributed by atoms with Gasteiger partial charge in [-0.2, -0.15) is 0 Å². The van der Waals surface area contributed by atoms with Crippen LogP contribution in [-0.2, 0) is 0 Å². The summed E-state index contributed by atoms with van der Waals surface area (Å²) in [5, 5.41) is 3.66. The van der Waals surface area contributed by atoms with Gasteiger partial charge in [0.1, 0.15) is 0 Å². The first-order chi connectivity index (χ1) is 9.19. The molecule has 2 saturated heterocycles. The minimum atomic E-state index is 0.248. The molecule has 2 atom stereocenters. The molecule has 2 rings (SSSR count). The van der Waals surface area contributed by atoms with E-state index in [0.29, 0.717) is 18.1 Å². The van der Waals surface area contributed by atoms with Crippen LogP contribution < -0.4 is 5.32 Å². The first-order valence-electron chi connectivity index (χ1n) is 8.01. The number of fused-ring (bicyclic) bond motifs is 2. The zero-order valence-corrected chi connectivity index (χ0v) is 12.7. The van der Waals surface area contributed by atoms with E-state index in [2.05, 4.69) is 31.0 Å². The monoisotopic (exact) mass is 267 g/mol. The molecule has 19 heavy (non-hydrogen) atoms. The SMILES string of the molecule is CCCN(C(=O)N(CC)CC)C1CC2CCC(C1)N2. The predicted molar refractivity (Wildman–Crippen MR) is 78.3 cm³/mol. The van der Waals surface area contributed by atoms with E-state index in [1.165, 1.54) is 12.8 Å². The molecule has 2 bridgehead atoms. The fourth-order valence-electron chi connectivity index (χ4n) is 3.63. The Balaban J connectivity index is 2.04. The van der Waals surface area contributed by atoms with Crippen molar-refractivity contribution in [1.29, 1.82) is 0 Å². The summed E-state index contributed by atoms with van der Waals surface area (Å²) in [6.07, 6.45) is 5.92. The summed E-state index contributed by atoms with van der Waals surface area (Å²) in [4.78, 5) is 16.8. The molecule has 2 aliphatic rings. The second-order valence-corrected chi connectivity index (χ2v) is 5.91. The molecule has 0 aromatic carbocycles. The van der Waals surface area contributed by atoms with Gasteiger partial charge >= 0.3 is 6.03 Å². The number of piperidine rings is 1. The molecule has 2 fully saturated rings. The van der Waals surface area contributed by atoms with Gasteiger partial charge in [-0.3, -0.25) is 0 Å². The van der Waals surface area contributed by atoms with E-state index in [1.54, 1.807) is 0 Å². The molecule has 0 saturated carbocycles. The molecule has 110 valence electrons. The number of amides is 2. The zero-order chi connectivity index (χ0) is 13.8. The van der Waals surface area contributed by atoms with E-state index in [9.17, 15) is 4.79 Å². The summed E-state index contributed by atoms with van der Waals surface area (Å²) in [6, 6.07) is 1.99. The van der Waals surface area contributed by atoms with Gasteiger partial charge in [0.25, 0.3) is 0 Å². The minimum absolute atomic E-state index is 0.248. The zero-order valence-electron chi connectivity index (χ0n) is 12.7. The molecular formula is C15H29N3O. The Kier molecular flexibility index (Phi) is 5.08. The Morgan fingerprint density at radius 3 is 2.16 bits per heavy atom. The molecule has 0 aromatic heterocycles. The summed E-state index contributed by atoms with van der Waals surface area (Å²) in [5.41, 5.74) is 0. The smallest absolute Gasteiger partial charge is 0.320 e. The predicted octanol–water partition coefficient (Wildman–Crippen LogP) is 2.44. The van der Waals surface area contributed by atoms with Crippen LogP contribution in [0.3, 0.4) is 0 Å². The van der Waals surface area contributed by atoms with Gasteiger partial charge in [-0.15, -0.1) is 0 Å². The Bertz CT molecular complexity index is 292. The fraction of sp³-hybridized carbons (Fsp3) is 0.933. The Morgan fingerprint density at radius 1 is 1.11 bits per heavy atom. The lowest BCUT2D eigenvalue weighted by Gasteiger charge is -2.40. The molecule has 0 aromatic rings. The summed E-state index contributed by atoms with van der Waals surface area (Å²) in [7, 11) is 0. The van der Waals surface area contributed by atoms with Crippen molar-refractivity contribution in [3.63, 3.8) is 0 Å². The molecule has 0 radical (unpaired) electrons. The van der Waals surface area contributed by atoms with Gasteiger partial charge in [0.05, 0.1) is 0 Å². The highest BCUT2D eigenvalue weighted by Crippen LogP contribution is 2.30. The third kappa shape index (κ3) is 3.22. The molecule has 4 nitrogen and oxygen atoms in total. The maximum Gasteiger partial charge on any atom is 0.320 e. The first kappa shape index (κ1) is 14.6. The Labute approximate surface area is 117 Å². The van der Waals surface area contributed by atoms with Crippen LogP contribution >= 0.6 is 0 Å². The number of nitrogens with one attached hydrogen (secondary N) is 1. The molecule has 2 heterocycles. The summed E-state index contributed by atoms with van der Waals surface area (Å²) in [5.74, 6) is 0. The molecule has 2 unspecified atom stereocenters. The molecule has 4 heteroatoms. The lowest BCUT2D eigenvalue weighted by atomic mass is 9.98. The summed E-state index contributed by atoms with van der Waals surface area (Å²) in [6.45, 7) is 8.83. The van der Waals surface area contributed by atoms with Crippen LogP contribution in [0.4, 0.5) is 4.79 Å². The molecule has 2 aliphatic heterocycles. The molecule has 0 aliphatic carbocycles. The average Bonchev–Trinajstić information content (AvgIpc) is 2.76. The fourth-order valence-corrected chi connectivity index (χ4v) is 3.63. The number of carbonyl (C=O) groups excluding carboxylic acids is 1. The Hall–Kier alpha value is -0.770. The van der Waals surface area contributed by atoms with E-state index in [0.717, 1.165) is 38.9 Å². The van der Waals surface area contributed by atoms with Crippen molar-refractivity contribution >= 4 is 6.03 Å². The second-order valence-electron chi connectivity index (χ2n) is 5.91. The molecule has 0 spiro atoms. The molecule has 2 amide bonds. The largest absolute Gasteiger partial charge is 0.325 e. The standard InChI is InChI=1S/C15H29N3O/c1-4-9-18(15(19)17(5-2)6-3)14-10-12-7-8-13(11-14)16-12/h12-14,16H,4-11H2,1-3H3. The number of carbonyl (C=O) groups is 1. The van der Waals surface area contributed by atoms with Gasteiger partial charge < -0.3 is 15.1 Å². The average molecular weight is 267 g/mol. The second kappa shape index (κ2) is 6.60. The van der Waals surface area contributed by atoms with E-state index < -0.39 is 0 Å². The van der Waals surface area contributed by atoms with Crippen molar-refractivity contribution in [2.24, 2.45) is 0 Å². The topological polar surface area (TPSA) is 35.6 Å². The number of hydrogen-bond donors (Lipinski definition) is 1. The van der Waals surface area contributed by atoms with Crippen LogP contribution in [0.2, 0.25) is 0 Å². The van der Waals surface area contributed by atoms with Crippen LogP contribution in [0.15, 0.2) is 0 Å². The third-order valence-electron chi connectivity index (χ3n) is 4.63. The van der Waals surface area contributed by atoms with Gasteiger partial charge in [-0.25, -0.2) is 4.79 Å². The summed E-state index contributed by atoms with van der Waals surface area (Å²) < 4.78 is 0. The van der Waals surface area contributed by atoms with Crippen molar-refractivity contribution in [3.8, 4) is 0 Å². The van der Waals surface area contributed by atoms with Crippen LogP contribution in [0.1, 0.15) is 52.9 Å². The van der Waals surface area contributed by atoms with Crippen LogP contribution in [0.25, 0.3) is 0 Å². The van der Waals surface area contributed by atoms with Crippen molar-refractivity contribution in [3.05, 3.63) is 0 Å². The Morgan fingerprint density at radius 2 is 1.68 bits per heavy atom. The van der Waals surface area contributed by atoms with Crippen molar-refractivity contribution in [1.82, 2.24) is 15.1 Å². The van der Waals surface area contributed by atoms with E-state index in [1.807, 2.05) is 4.90 Å². The quantitative estimate of drug-likeness (QED) is 0.830. The lowest BCUT2D eigenvalue weighted by molar-refractivity contribution is 0.117. The van der Waals surface area contributed by atoms with Crippen molar-refractivity contribution in [2.45, 2.75) is 71.0 Å². The van der Waals surface area contributed by atoms with Gasteiger partial charge in [0, 0.05) is 37.8 Å². The van der Waals surface area contributed by atoms with Crippen LogP contribution in [0, 0.1) is 0 Å². The van der Waals surface area contributed by atoms with E-state index in [4.69, 9.17) is 0 Å². The number of hydrogen-bond acceptors (Lipinski definition) is 2. The van der Waals surface area contributed by atoms with Crippen molar-refractivity contribution < 1.29 is 4.79 Å². The van der Waals surface area contributed by atoms with Gasteiger partial charge in [0.2, 0.25) is 0 Å². The highest BCUT2D eigenvalue weighted by atomic mass is 16.2. The van der Waals surface area contributed by atoms with E-state index >= 15 is 0 Å². The molecule has 1 N–H and O–H groups in total. The minimum Gasteiger partial charge on any atom is -0.325 e. The lowest BCUT2D eigenvalue weighted by Crippen LogP contribution is -2.54. The normalized spacial score (nSPS) is 29.3. The number of nitrogens with zero attached hydrogens (tertiary/aromatic N) is 2. The molecular weight excluding hydrogens is 238 g/mol. The highest BCUT2D eigenvalue weighted by molar-refractivity contribution is 5.74.